The summed E-state index contributed by atoms with van der Waals surface area (Å²) in [5, 5.41) is 3.09. The highest BCUT2D eigenvalue weighted by molar-refractivity contribution is 5.85. The van der Waals surface area contributed by atoms with Crippen LogP contribution in [-0.2, 0) is 0 Å². The zero-order valence-electron chi connectivity index (χ0n) is 12.2. The first-order valence-electron chi connectivity index (χ1n) is 6.91. The quantitative estimate of drug-likeness (QED) is 0.812. The fourth-order valence-electron chi connectivity index (χ4n) is 2.54. The van der Waals surface area contributed by atoms with Gasteiger partial charge in [0.1, 0.15) is 5.75 Å². The van der Waals surface area contributed by atoms with Crippen LogP contribution in [0.15, 0.2) is 24.3 Å². The van der Waals surface area contributed by atoms with Gasteiger partial charge in [-0.1, -0.05) is 12.1 Å². The molecule has 0 spiro atoms. The summed E-state index contributed by atoms with van der Waals surface area (Å²) in [6, 6.07) is 4.55. The Morgan fingerprint density at radius 3 is 2.13 bits per heavy atom. The van der Waals surface area contributed by atoms with Crippen molar-refractivity contribution in [3.8, 4) is 5.75 Å². The average Bonchev–Trinajstić information content (AvgIpc) is 2.45. The summed E-state index contributed by atoms with van der Waals surface area (Å²) in [6.07, 6.45) is -5.27. The molecule has 1 atom stereocenters. The SMILES string of the molecule is Cl.FC(F)Oc1ccc([C@H](CC(F)(F)F)N2CCNCC2)cc1. The highest BCUT2D eigenvalue weighted by Crippen LogP contribution is 2.34. The van der Waals surface area contributed by atoms with Crippen LogP contribution in [-0.4, -0.2) is 43.9 Å². The normalized spacial score (nSPS) is 17.7. The van der Waals surface area contributed by atoms with E-state index in [9.17, 15) is 22.0 Å². The molecule has 132 valence electrons. The van der Waals surface area contributed by atoms with E-state index in [0.717, 1.165) is 0 Å². The van der Waals surface area contributed by atoms with Gasteiger partial charge in [-0.15, -0.1) is 12.4 Å². The van der Waals surface area contributed by atoms with Crippen LogP contribution in [0.5, 0.6) is 5.75 Å². The Kier molecular flexibility index (Phi) is 7.50. The Balaban J connectivity index is 0.00000264. The Hall–Kier alpha value is -1.12. The molecule has 3 nitrogen and oxygen atoms in total. The van der Waals surface area contributed by atoms with E-state index in [1.165, 1.54) is 24.3 Å². The van der Waals surface area contributed by atoms with E-state index in [2.05, 4.69) is 10.1 Å². The summed E-state index contributed by atoms with van der Waals surface area (Å²) < 4.78 is 66.9. The molecule has 0 aliphatic carbocycles. The van der Waals surface area contributed by atoms with Gasteiger partial charge >= 0.3 is 12.8 Å². The predicted octanol–water partition coefficient (Wildman–Crippen LogP) is 3.61. The Morgan fingerprint density at radius 2 is 1.65 bits per heavy atom. The van der Waals surface area contributed by atoms with Gasteiger partial charge in [0, 0.05) is 32.2 Å². The number of alkyl halides is 5. The van der Waals surface area contributed by atoms with Crippen molar-refractivity contribution in [2.24, 2.45) is 0 Å². The maximum atomic E-state index is 12.8. The first-order valence-corrected chi connectivity index (χ1v) is 6.91. The highest BCUT2D eigenvalue weighted by Gasteiger charge is 2.35. The van der Waals surface area contributed by atoms with Gasteiger partial charge in [-0.3, -0.25) is 4.90 Å². The van der Waals surface area contributed by atoms with Crippen molar-refractivity contribution >= 4 is 12.4 Å². The van der Waals surface area contributed by atoms with Crippen LogP contribution in [0.3, 0.4) is 0 Å². The minimum atomic E-state index is -4.30. The fourth-order valence-corrected chi connectivity index (χ4v) is 2.54. The number of benzene rings is 1. The number of ether oxygens (including phenoxy) is 1. The van der Waals surface area contributed by atoms with Gasteiger partial charge in [0.2, 0.25) is 0 Å². The van der Waals surface area contributed by atoms with Crippen molar-refractivity contribution < 1.29 is 26.7 Å². The van der Waals surface area contributed by atoms with E-state index in [4.69, 9.17) is 0 Å². The molecule has 0 unspecified atom stereocenters. The molecule has 9 heteroatoms. The third-order valence-electron chi connectivity index (χ3n) is 3.51. The fraction of sp³-hybridized carbons (Fsp3) is 0.571. The lowest BCUT2D eigenvalue weighted by Gasteiger charge is -2.35. The molecule has 1 heterocycles. The lowest BCUT2D eigenvalue weighted by atomic mass is 10.0. The second-order valence-electron chi connectivity index (χ2n) is 5.07. The van der Waals surface area contributed by atoms with Crippen molar-refractivity contribution in [2.75, 3.05) is 26.2 Å². The Labute approximate surface area is 137 Å². The van der Waals surface area contributed by atoms with Gasteiger partial charge in [-0.25, -0.2) is 0 Å². The molecule has 23 heavy (non-hydrogen) atoms. The van der Waals surface area contributed by atoms with Crippen LogP contribution < -0.4 is 10.1 Å². The maximum absolute atomic E-state index is 12.8. The standard InChI is InChI=1S/C14H17F5N2O.ClH/c15-13(16)22-11-3-1-10(2-4-11)12(9-14(17,18)19)21-7-5-20-6-8-21;/h1-4,12-13,20H,5-9H2;1H/t12-;/m0./s1. The summed E-state index contributed by atoms with van der Waals surface area (Å²) in [7, 11) is 0. The minimum Gasteiger partial charge on any atom is -0.435 e. The van der Waals surface area contributed by atoms with Crippen LogP contribution in [0.25, 0.3) is 0 Å². The second-order valence-corrected chi connectivity index (χ2v) is 5.07. The molecule has 0 aromatic heterocycles. The zero-order valence-corrected chi connectivity index (χ0v) is 13.0. The molecule has 0 amide bonds. The molecule has 0 radical (unpaired) electrons. The van der Waals surface area contributed by atoms with E-state index in [1.54, 1.807) is 4.90 Å². The van der Waals surface area contributed by atoms with E-state index in [0.29, 0.717) is 31.7 Å². The molecule has 1 saturated heterocycles. The third-order valence-corrected chi connectivity index (χ3v) is 3.51. The highest BCUT2D eigenvalue weighted by atomic mass is 35.5. The van der Waals surface area contributed by atoms with E-state index < -0.39 is 25.3 Å². The molecule has 1 aromatic carbocycles. The molecule has 1 aromatic rings. The van der Waals surface area contributed by atoms with Gasteiger partial charge < -0.3 is 10.1 Å². The average molecular weight is 361 g/mol. The lowest BCUT2D eigenvalue weighted by Crippen LogP contribution is -2.46. The smallest absolute Gasteiger partial charge is 0.390 e. The summed E-state index contributed by atoms with van der Waals surface area (Å²) in [5.74, 6) is -0.0650. The molecule has 2 rings (SSSR count). The number of hydrogen-bond acceptors (Lipinski definition) is 3. The van der Waals surface area contributed by atoms with E-state index in [1.807, 2.05) is 0 Å². The number of nitrogens with one attached hydrogen (secondary N) is 1. The minimum absolute atomic E-state index is 0. The van der Waals surface area contributed by atoms with Crippen molar-refractivity contribution in [3.63, 3.8) is 0 Å². The number of rotatable bonds is 5. The topological polar surface area (TPSA) is 24.5 Å². The van der Waals surface area contributed by atoms with Crippen LogP contribution in [0, 0.1) is 0 Å². The molecule has 1 aliphatic rings. The summed E-state index contributed by atoms with van der Waals surface area (Å²) >= 11 is 0. The number of halogens is 6. The van der Waals surface area contributed by atoms with Crippen molar-refractivity contribution in [3.05, 3.63) is 29.8 Å². The Morgan fingerprint density at radius 1 is 1.09 bits per heavy atom. The van der Waals surface area contributed by atoms with Crippen LogP contribution in [0.4, 0.5) is 22.0 Å². The number of hydrogen-bond donors (Lipinski definition) is 1. The first-order chi connectivity index (χ1) is 10.3. The molecule has 1 fully saturated rings. The van der Waals surface area contributed by atoms with Crippen LogP contribution in [0.1, 0.15) is 18.0 Å². The van der Waals surface area contributed by atoms with Crippen LogP contribution >= 0.6 is 12.4 Å². The molecular formula is C14H18ClF5N2O. The van der Waals surface area contributed by atoms with Gasteiger partial charge in [0.15, 0.2) is 0 Å². The summed E-state index contributed by atoms with van der Waals surface area (Å²) in [5.41, 5.74) is 0.445. The second kappa shape index (κ2) is 8.65. The van der Waals surface area contributed by atoms with E-state index in [-0.39, 0.29) is 18.2 Å². The lowest BCUT2D eigenvalue weighted by molar-refractivity contribution is -0.148. The first kappa shape index (κ1) is 19.9. The molecule has 1 aliphatic heterocycles. The van der Waals surface area contributed by atoms with Crippen molar-refractivity contribution in [1.82, 2.24) is 10.2 Å². The van der Waals surface area contributed by atoms with Crippen molar-refractivity contribution in [2.45, 2.75) is 25.3 Å². The van der Waals surface area contributed by atoms with Gasteiger partial charge in [-0.2, -0.15) is 22.0 Å². The molecule has 0 saturated carbocycles. The number of nitrogens with zero attached hydrogens (tertiary/aromatic N) is 1. The predicted molar refractivity (Wildman–Crippen MR) is 78.2 cm³/mol. The van der Waals surface area contributed by atoms with Crippen molar-refractivity contribution in [1.29, 1.82) is 0 Å². The zero-order chi connectivity index (χ0) is 16.2. The molecule has 0 bridgehead atoms. The van der Waals surface area contributed by atoms with E-state index >= 15 is 0 Å². The molecule has 1 N–H and O–H groups in total. The molecular weight excluding hydrogens is 343 g/mol. The maximum Gasteiger partial charge on any atom is 0.390 e. The third kappa shape index (κ3) is 6.48. The van der Waals surface area contributed by atoms with Gasteiger partial charge in [0.05, 0.1) is 6.42 Å². The monoisotopic (exact) mass is 360 g/mol. The van der Waals surface area contributed by atoms with Gasteiger partial charge in [-0.05, 0) is 17.7 Å². The summed E-state index contributed by atoms with van der Waals surface area (Å²) in [4.78, 5) is 1.76. The Bertz CT molecular complexity index is 463. The largest absolute Gasteiger partial charge is 0.435 e. The van der Waals surface area contributed by atoms with Gasteiger partial charge in [0.25, 0.3) is 0 Å². The summed E-state index contributed by atoms with van der Waals surface area (Å²) in [6.45, 7) is -0.682. The number of piperazine rings is 1. The van der Waals surface area contributed by atoms with Crippen LogP contribution in [0.2, 0.25) is 0 Å².